The maximum atomic E-state index is 13.9. The molecule has 2 aromatic carbocycles. The van der Waals surface area contributed by atoms with Gasteiger partial charge in [0.25, 0.3) is 0 Å². The number of rotatable bonds is 4. The molecule has 0 radical (unpaired) electrons. The number of halogens is 3. The number of aromatic nitrogens is 4. The molecule has 2 aromatic heterocycles. The van der Waals surface area contributed by atoms with Crippen LogP contribution in [0.2, 0.25) is 5.28 Å². The molecule has 242 valence electrons. The Kier molecular flexibility index (Phi) is 12.0. The number of nitrogens with zero attached hydrogens (tertiary/aromatic N) is 4. The average Bonchev–Trinajstić information content (AvgIpc) is 3.24. The monoisotopic (exact) mass is 654 g/mol. The second kappa shape index (κ2) is 15.3. The normalized spacial score (nSPS) is 14.3. The van der Waals surface area contributed by atoms with E-state index in [1.165, 1.54) is 38.5 Å². The predicted molar refractivity (Wildman–Crippen MR) is 169 cm³/mol. The number of esters is 2. The number of hydrogen-bond donors (Lipinski definition) is 0. The van der Waals surface area contributed by atoms with Gasteiger partial charge in [0, 0.05) is 30.4 Å². The van der Waals surface area contributed by atoms with Crippen molar-refractivity contribution < 1.29 is 37.2 Å². The molecule has 1 saturated heterocycles. The van der Waals surface area contributed by atoms with E-state index in [4.69, 9.17) is 20.9 Å². The first kappa shape index (κ1) is 36.1. The minimum Gasteiger partial charge on any atom is -0.465 e. The van der Waals surface area contributed by atoms with E-state index >= 15 is 0 Å². The second-order valence-electron chi connectivity index (χ2n) is 11.1. The van der Waals surface area contributed by atoms with E-state index in [1.807, 2.05) is 41.5 Å². The van der Waals surface area contributed by atoms with Crippen LogP contribution in [0.3, 0.4) is 0 Å². The molecule has 0 atom stereocenters. The fraction of sp³-hybridized carbons (Fsp3) is 0.312. The molecular weight excluding hydrogens is 621 g/mol. The van der Waals surface area contributed by atoms with Crippen LogP contribution < -0.4 is 5.46 Å². The zero-order valence-electron chi connectivity index (χ0n) is 26.7. The summed E-state index contributed by atoms with van der Waals surface area (Å²) in [5, 5.41) is 0.301. The predicted octanol–water partition coefficient (Wildman–Crippen LogP) is 5.73. The smallest absolute Gasteiger partial charge is 0.465 e. The molecule has 0 spiro atoms. The Balaban J connectivity index is 0.000000204. The lowest BCUT2D eigenvalue weighted by Crippen LogP contribution is -2.41. The van der Waals surface area contributed by atoms with Gasteiger partial charge in [-0.15, -0.1) is 0 Å². The van der Waals surface area contributed by atoms with Crippen molar-refractivity contribution in [2.75, 3.05) is 14.2 Å². The summed E-state index contributed by atoms with van der Waals surface area (Å²) in [4.78, 5) is 38.2. The summed E-state index contributed by atoms with van der Waals surface area (Å²) in [6.07, 6.45) is 6.65. The molecular formula is C32H34BClF2N4O6. The maximum Gasteiger partial charge on any atom is 0.494 e. The zero-order chi connectivity index (χ0) is 34.2. The van der Waals surface area contributed by atoms with Gasteiger partial charge in [-0.3, -0.25) is 0 Å². The first-order valence-corrected chi connectivity index (χ1v) is 14.3. The zero-order valence-corrected chi connectivity index (χ0v) is 27.5. The molecule has 0 bridgehead atoms. The Labute approximate surface area is 271 Å². The van der Waals surface area contributed by atoms with Crippen molar-refractivity contribution in [1.82, 2.24) is 19.9 Å². The van der Waals surface area contributed by atoms with Crippen LogP contribution in [0.1, 0.15) is 59.5 Å². The van der Waals surface area contributed by atoms with Crippen LogP contribution in [-0.4, -0.2) is 64.4 Å². The van der Waals surface area contributed by atoms with Crippen molar-refractivity contribution >= 4 is 36.1 Å². The van der Waals surface area contributed by atoms with Gasteiger partial charge in [-0.05, 0) is 94.0 Å². The fourth-order valence-corrected chi connectivity index (χ4v) is 3.88. The van der Waals surface area contributed by atoms with E-state index in [9.17, 15) is 18.4 Å². The Bertz CT molecular complexity index is 1640. The first-order valence-electron chi connectivity index (χ1n) is 13.9. The lowest BCUT2D eigenvalue weighted by molar-refractivity contribution is 0.00578. The molecule has 1 aliphatic heterocycles. The molecule has 0 unspecified atom stereocenters. The third kappa shape index (κ3) is 9.12. The van der Waals surface area contributed by atoms with Crippen molar-refractivity contribution in [3.63, 3.8) is 0 Å². The third-order valence-electron chi connectivity index (χ3n) is 7.09. The SMILES string of the molecule is COC(=O)c1ccc(-c2ncc(C)cn2)cc1F.COC(=O)c1ccc(B2OC(C)(C)C(C)(C)O2)cc1F.Cc1cnc(Cl)nc1. The van der Waals surface area contributed by atoms with Gasteiger partial charge >= 0.3 is 19.1 Å². The molecule has 0 amide bonds. The maximum absolute atomic E-state index is 13.9. The highest BCUT2D eigenvalue weighted by Crippen LogP contribution is 2.36. The highest BCUT2D eigenvalue weighted by atomic mass is 35.5. The van der Waals surface area contributed by atoms with E-state index < -0.39 is 41.9 Å². The molecule has 0 saturated carbocycles. The molecule has 3 heterocycles. The summed E-state index contributed by atoms with van der Waals surface area (Å²) < 4.78 is 48.2. The molecule has 5 rings (SSSR count). The van der Waals surface area contributed by atoms with Crippen LogP contribution in [0.4, 0.5) is 8.78 Å². The highest BCUT2D eigenvalue weighted by Gasteiger charge is 2.51. The molecule has 0 aliphatic carbocycles. The Morgan fingerprint density at radius 3 is 1.59 bits per heavy atom. The van der Waals surface area contributed by atoms with E-state index in [0.29, 0.717) is 22.1 Å². The number of aryl methyl sites for hydroxylation is 2. The fourth-order valence-electron chi connectivity index (χ4n) is 3.78. The van der Waals surface area contributed by atoms with Crippen LogP contribution in [0.25, 0.3) is 11.4 Å². The number of carbonyl (C=O) groups excluding carboxylic acids is 2. The summed E-state index contributed by atoms with van der Waals surface area (Å²) in [6.45, 7) is 11.5. The summed E-state index contributed by atoms with van der Waals surface area (Å²) >= 11 is 5.39. The molecule has 4 aromatic rings. The summed E-state index contributed by atoms with van der Waals surface area (Å²) in [5.74, 6) is -2.30. The quantitative estimate of drug-likeness (QED) is 0.153. The van der Waals surface area contributed by atoms with Gasteiger partial charge in [0.05, 0.1) is 36.5 Å². The van der Waals surface area contributed by atoms with Crippen LogP contribution in [0.5, 0.6) is 0 Å². The molecule has 1 aliphatic rings. The van der Waals surface area contributed by atoms with Crippen molar-refractivity contribution in [1.29, 1.82) is 0 Å². The Hall–Kier alpha value is -4.33. The lowest BCUT2D eigenvalue weighted by atomic mass is 9.78. The molecule has 14 heteroatoms. The van der Waals surface area contributed by atoms with E-state index in [2.05, 4.69) is 29.4 Å². The van der Waals surface area contributed by atoms with Crippen LogP contribution in [0.15, 0.2) is 61.2 Å². The summed E-state index contributed by atoms with van der Waals surface area (Å²) in [6, 6.07) is 8.39. The second-order valence-corrected chi connectivity index (χ2v) is 11.5. The molecule has 46 heavy (non-hydrogen) atoms. The highest BCUT2D eigenvalue weighted by molar-refractivity contribution is 6.62. The third-order valence-corrected chi connectivity index (χ3v) is 7.28. The summed E-state index contributed by atoms with van der Waals surface area (Å²) in [7, 11) is 1.77. The number of carbonyl (C=O) groups is 2. The van der Waals surface area contributed by atoms with E-state index in [0.717, 1.165) is 11.1 Å². The topological polar surface area (TPSA) is 123 Å². The van der Waals surface area contributed by atoms with Gasteiger partial charge < -0.3 is 18.8 Å². The van der Waals surface area contributed by atoms with Gasteiger partial charge in [0.1, 0.15) is 11.6 Å². The standard InChI is InChI=1S/C14H18BFO4.C13H11FN2O2.C5H5ClN2/c1-13(2)14(3,4)20-15(19-13)9-6-7-10(11(16)8-9)12(17)18-5;1-8-6-15-12(16-7-8)9-3-4-10(11(14)5-9)13(17)18-2;1-4-2-7-5(6)8-3-4/h6-8H,1-5H3;3-7H,1-2H3;2-3H,1H3. The molecule has 0 N–H and O–H groups in total. The minimum absolute atomic E-state index is 0.103. The number of ether oxygens (including phenoxy) is 2. The average molecular weight is 655 g/mol. The largest absolute Gasteiger partial charge is 0.494 e. The van der Waals surface area contributed by atoms with Crippen LogP contribution in [-0.2, 0) is 18.8 Å². The van der Waals surface area contributed by atoms with E-state index in [1.54, 1.807) is 36.9 Å². The Morgan fingerprint density at radius 1 is 0.739 bits per heavy atom. The minimum atomic E-state index is -0.706. The number of hydrogen-bond acceptors (Lipinski definition) is 10. The number of benzene rings is 2. The van der Waals surface area contributed by atoms with Gasteiger partial charge in [0.2, 0.25) is 5.28 Å². The van der Waals surface area contributed by atoms with Gasteiger partial charge in [-0.1, -0.05) is 12.1 Å². The summed E-state index contributed by atoms with van der Waals surface area (Å²) in [5.41, 5.74) is 1.81. The van der Waals surface area contributed by atoms with Crippen molar-refractivity contribution in [2.24, 2.45) is 0 Å². The van der Waals surface area contributed by atoms with Crippen molar-refractivity contribution in [3.05, 3.63) is 100 Å². The van der Waals surface area contributed by atoms with Gasteiger partial charge in [-0.2, -0.15) is 0 Å². The van der Waals surface area contributed by atoms with Gasteiger partial charge in [-0.25, -0.2) is 38.3 Å². The van der Waals surface area contributed by atoms with Gasteiger partial charge in [0.15, 0.2) is 5.82 Å². The van der Waals surface area contributed by atoms with Crippen molar-refractivity contribution in [2.45, 2.75) is 52.7 Å². The lowest BCUT2D eigenvalue weighted by Gasteiger charge is -2.32. The molecule has 10 nitrogen and oxygen atoms in total. The number of methoxy groups -OCH3 is 2. The first-order chi connectivity index (χ1) is 21.6. The molecule has 1 fully saturated rings. The Morgan fingerprint density at radius 2 is 1.17 bits per heavy atom. The van der Waals surface area contributed by atoms with E-state index in [-0.39, 0.29) is 11.1 Å². The van der Waals surface area contributed by atoms with Crippen LogP contribution >= 0.6 is 11.6 Å². The van der Waals surface area contributed by atoms with Crippen molar-refractivity contribution in [3.8, 4) is 11.4 Å². The van der Waals surface area contributed by atoms with Crippen LogP contribution in [0, 0.1) is 25.5 Å².